The van der Waals surface area contributed by atoms with Crippen molar-refractivity contribution in [3.05, 3.63) is 77.4 Å². The molecule has 2 aliphatic rings. The summed E-state index contributed by atoms with van der Waals surface area (Å²) < 4.78 is 40.4. The van der Waals surface area contributed by atoms with Crippen molar-refractivity contribution in [3.8, 4) is 11.5 Å². The van der Waals surface area contributed by atoms with E-state index >= 15 is 4.39 Å². The molecular weight excluding hydrogens is 516 g/mol. The number of nitrogens with zero attached hydrogens (tertiary/aromatic N) is 2. The molecule has 0 saturated carbocycles. The summed E-state index contributed by atoms with van der Waals surface area (Å²) in [4.78, 5) is 16.3. The fourth-order valence-electron chi connectivity index (χ4n) is 5.49. The minimum atomic E-state index is -1.01. The lowest BCUT2D eigenvalue weighted by Crippen LogP contribution is -2.48. The minimum Gasteiger partial charge on any atom is -0.497 e. The van der Waals surface area contributed by atoms with E-state index in [1.807, 2.05) is 36.1 Å². The predicted molar refractivity (Wildman–Crippen MR) is 151 cm³/mol. The summed E-state index contributed by atoms with van der Waals surface area (Å²) in [6, 6.07) is 15.2. The number of carbonyl (C=O) groups excluding carboxylic acids is 1. The van der Waals surface area contributed by atoms with Crippen molar-refractivity contribution in [1.29, 1.82) is 0 Å². The summed E-state index contributed by atoms with van der Waals surface area (Å²) >= 11 is 0. The molecule has 2 N–H and O–H groups in total. The van der Waals surface area contributed by atoms with Crippen molar-refractivity contribution in [2.24, 2.45) is 0 Å². The van der Waals surface area contributed by atoms with E-state index in [-0.39, 0.29) is 36.9 Å². The molecule has 3 aromatic rings. The number of rotatable bonds is 9. The SMILES string of the molecule is CCOc1ccc(N2CCC(O)(CNc3ccc(F)c4c3CCC(=O)N4Cc3ccc(OC)cc3)CC2)c(F)c1. The Morgan fingerprint density at radius 1 is 0.975 bits per heavy atom. The maximum atomic E-state index is 15.1. The van der Waals surface area contributed by atoms with Gasteiger partial charge in [0, 0.05) is 43.4 Å². The number of nitrogens with one attached hydrogen (secondary N) is 1. The Labute approximate surface area is 233 Å². The van der Waals surface area contributed by atoms with Crippen LogP contribution in [0.2, 0.25) is 0 Å². The molecule has 0 aromatic heterocycles. The van der Waals surface area contributed by atoms with Crippen LogP contribution in [0.4, 0.5) is 25.8 Å². The molecule has 1 fully saturated rings. The number of ether oxygens (including phenoxy) is 2. The molecule has 1 saturated heterocycles. The number of hydrogen-bond acceptors (Lipinski definition) is 6. The summed E-state index contributed by atoms with van der Waals surface area (Å²) in [7, 11) is 1.59. The second-order valence-corrected chi connectivity index (χ2v) is 10.4. The fraction of sp³-hybridized carbons (Fsp3) is 0.387. The Morgan fingerprint density at radius 2 is 1.70 bits per heavy atom. The van der Waals surface area contributed by atoms with Crippen LogP contribution in [0, 0.1) is 11.6 Å². The minimum absolute atomic E-state index is 0.133. The molecule has 0 atom stereocenters. The van der Waals surface area contributed by atoms with Crippen LogP contribution in [0.3, 0.4) is 0 Å². The predicted octanol–water partition coefficient (Wildman–Crippen LogP) is 5.29. The van der Waals surface area contributed by atoms with E-state index in [2.05, 4.69) is 5.32 Å². The molecule has 3 aromatic carbocycles. The lowest BCUT2D eigenvalue weighted by Gasteiger charge is -2.40. The molecule has 0 aliphatic carbocycles. The second-order valence-electron chi connectivity index (χ2n) is 10.4. The third-order valence-corrected chi connectivity index (χ3v) is 7.77. The number of benzene rings is 3. The fourth-order valence-corrected chi connectivity index (χ4v) is 5.49. The molecule has 1 amide bonds. The van der Waals surface area contributed by atoms with Crippen LogP contribution < -0.4 is 24.6 Å². The van der Waals surface area contributed by atoms with E-state index in [0.29, 0.717) is 61.8 Å². The normalized spacial score (nSPS) is 16.5. The largest absolute Gasteiger partial charge is 0.497 e. The van der Waals surface area contributed by atoms with Crippen LogP contribution >= 0.6 is 0 Å². The van der Waals surface area contributed by atoms with Crippen LogP contribution in [-0.2, 0) is 17.8 Å². The Bertz CT molecular complexity index is 1360. The van der Waals surface area contributed by atoms with Gasteiger partial charge in [-0.05, 0) is 68.1 Å². The van der Waals surface area contributed by atoms with E-state index in [1.165, 1.54) is 17.0 Å². The first-order valence-corrected chi connectivity index (χ1v) is 13.7. The van der Waals surface area contributed by atoms with Crippen molar-refractivity contribution < 1.29 is 28.2 Å². The van der Waals surface area contributed by atoms with Crippen molar-refractivity contribution in [2.45, 2.75) is 44.8 Å². The summed E-state index contributed by atoms with van der Waals surface area (Å²) in [5, 5.41) is 14.7. The summed E-state index contributed by atoms with van der Waals surface area (Å²) in [6.07, 6.45) is 1.57. The first kappa shape index (κ1) is 27.7. The number of carbonyl (C=O) groups is 1. The number of hydrogen-bond donors (Lipinski definition) is 2. The zero-order valence-electron chi connectivity index (χ0n) is 22.9. The van der Waals surface area contributed by atoms with Gasteiger partial charge in [-0.15, -0.1) is 0 Å². The van der Waals surface area contributed by atoms with Crippen LogP contribution in [-0.4, -0.2) is 50.0 Å². The monoisotopic (exact) mass is 551 g/mol. The zero-order chi connectivity index (χ0) is 28.3. The van der Waals surface area contributed by atoms with E-state index in [0.717, 1.165) is 11.1 Å². The lowest BCUT2D eigenvalue weighted by atomic mass is 9.90. The van der Waals surface area contributed by atoms with E-state index in [9.17, 15) is 14.3 Å². The maximum Gasteiger partial charge on any atom is 0.227 e. The van der Waals surface area contributed by atoms with Gasteiger partial charge in [0.15, 0.2) is 0 Å². The lowest BCUT2D eigenvalue weighted by molar-refractivity contribution is -0.119. The van der Waals surface area contributed by atoms with Crippen LogP contribution in [0.5, 0.6) is 11.5 Å². The van der Waals surface area contributed by atoms with Crippen LogP contribution in [0.1, 0.15) is 37.3 Å². The third-order valence-electron chi connectivity index (χ3n) is 7.77. The van der Waals surface area contributed by atoms with Gasteiger partial charge in [0.25, 0.3) is 0 Å². The van der Waals surface area contributed by atoms with Crippen LogP contribution in [0.25, 0.3) is 0 Å². The smallest absolute Gasteiger partial charge is 0.227 e. The van der Waals surface area contributed by atoms with Gasteiger partial charge in [-0.25, -0.2) is 8.78 Å². The molecule has 40 heavy (non-hydrogen) atoms. The average Bonchev–Trinajstić information content (AvgIpc) is 2.95. The van der Waals surface area contributed by atoms with Gasteiger partial charge in [0.05, 0.1) is 37.2 Å². The van der Waals surface area contributed by atoms with Crippen molar-refractivity contribution in [1.82, 2.24) is 0 Å². The average molecular weight is 552 g/mol. The first-order valence-electron chi connectivity index (χ1n) is 13.7. The van der Waals surface area contributed by atoms with Gasteiger partial charge in [0.1, 0.15) is 23.1 Å². The second kappa shape index (κ2) is 11.7. The molecule has 7 nitrogen and oxygen atoms in total. The number of methoxy groups -OCH3 is 1. The molecule has 0 bridgehead atoms. The number of halogens is 2. The quantitative estimate of drug-likeness (QED) is 0.376. The topological polar surface area (TPSA) is 74.3 Å². The molecule has 9 heteroatoms. The zero-order valence-corrected chi connectivity index (χ0v) is 22.9. The van der Waals surface area contributed by atoms with Crippen molar-refractivity contribution in [2.75, 3.05) is 48.5 Å². The number of aliphatic hydroxyl groups is 1. The first-order chi connectivity index (χ1) is 19.3. The Balaban J connectivity index is 1.27. The number of anilines is 3. The van der Waals surface area contributed by atoms with Crippen molar-refractivity contribution in [3.63, 3.8) is 0 Å². The van der Waals surface area contributed by atoms with E-state index in [1.54, 1.807) is 25.3 Å². The van der Waals surface area contributed by atoms with Gasteiger partial charge in [-0.2, -0.15) is 0 Å². The Morgan fingerprint density at radius 3 is 2.38 bits per heavy atom. The molecule has 0 radical (unpaired) electrons. The summed E-state index contributed by atoms with van der Waals surface area (Å²) in [5.74, 6) is 0.271. The number of amides is 1. The summed E-state index contributed by atoms with van der Waals surface area (Å²) in [5.41, 5.74) is 2.07. The van der Waals surface area contributed by atoms with E-state index in [4.69, 9.17) is 9.47 Å². The van der Waals surface area contributed by atoms with Crippen LogP contribution in [0.15, 0.2) is 54.6 Å². The highest BCUT2D eigenvalue weighted by Gasteiger charge is 2.34. The number of piperidine rings is 1. The highest BCUT2D eigenvalue weighted by molar-refractivity contribution is 5.97. The summed E-state index contributed by atoms with van der Waals surface area (Å²) in [6.45, 7) is 3.82. The van der Waals surface area contributed by atoms with Gasteiger partial charge < -0.3 is 29.7 Å². The van der Waals surface area contributed by atoms with E-state index < -0.39 is 11.4 Å². The Kier molecular flexibility index (Phi) is 8.12. The van der Waals surface area contributed by atoms with Gasteiger partial charge in [-0.3, -0.25) is 4.79 Å². The number of fused-ring (bicyclic) bond motifs is 1. The standard InChI is InChI=1S/C31H35F2N3O4/c1-3-40-23-8-12-28(26(33)18-23)35-16-14-31(38,15-17-35)20-34-27-11-10-25(32)30-24(27)9-13-29(37)36(30)19-21-4-6-22(39-2)7-5-21/h4-8,10-12,18,34,38H,3,9,13-17,19-20H2,1-2H3. The Hall–Kier alpha value is -3.85. The highest BCUT2D eigenvalue weighted by atomic mass is 19.1. The molecule has 2 aliphatic heterocycles. The molecule has 5 rings (SSSR count). The highest BCUT2D eigenvalue weighted by Crippen LogP contribution is 2.38. The van der Waals surface area contributed by atoms with Crippen molar-refractivity contribution >= 4 is 23.0 Å². The molecule has 0 spiro atoms. The molecule has 2 heterocycles. The molecule has 0 unspecified atom stereocenters. The third kappa shape index (κ3) is 5.84. The van der Waals surface area contributed by atoms with Gasteiger partial charge >= 0.3 is 0 Å². The molecular formula is C31H35F2N3O4. The van der Waals surface area contributed by atoms with Gasteiger partial charge in [-0.1, -0.05) is 12.1 Å². The molecule has 212 valence electrons. The maximum absolute atomic E-state index is 15.1. The van der Waals surface area contributed by atoms with Gasteiger partial charge in [0.2, 0.25) is 5.91 Å².